The van der Waals surface area contributed by atoms with Crippen LogP contribution in [0, 0.1) is 0 Å². The normalized spacial score (nSPS) is 15.0. The van der Waals surface area contributed by atoms with Gasteiger partial charge in [-0.2, -0.15) is 0 Å². The molecule has 1 fully saturated rings. The summed E-state index contributed by atoms with van der Waals surface area (Å²) in [5, 5.41) is 5.56. The number of hydrogen-bond acceptors (Lipinski definition) is 4. The molecule has 0 unspecified atom stereocenters. The van der Waals surface area contributed by atoms with Crippen LogP contribution in [-0.4, -0.2) is 36.3 Å². The van der Waals surface area contributed by atoms with Crippen LogP contribution in [0.2, 0.25) is 0 Å². The fourth-order valence-corrected chi connectivity index (χ4v) is 3.39. The number of rotatable bonds is 8. The molecule has 6 nitrogen and oxygen atoms in total. The third-order valence-corrected chi connectivity index (χ3v) is 5.00. The van der Waals surface area contributed by atoms with Crippen molar-refractivity contribution in [2.75, 3.05) is 19.6 Å². The number of likely N-dealkylation sites (tertiary alicyclic amines) is 1. The Morgan fingerprint density at radius 1 is 0.929 bits per heavy atom. The van der Waals surface area contributed by atoms with E-state index in [4.69, 9.17) is 4.42 Å². The quantitative estimate of drug-likeness (QED) is 0.735. The molecule has 6 heteroatoms. The van der Waals surface area contributed by atoms with E-state index < -0.39 is 0 Å². The Hall–Kier alpha value is -2.60. The lowest BCUT2D eigenvalue weighted by molar-refractivity contribution is -0.121. The molecule has 2 aromatic rings. The van der Waals surface area contributed by atoms with Crippen molar-refractivity contribution >= 4 is 11.8 Å². The summed E-state index contributed by atoms with van der Waals surface area (Å²) in [5.74, 6) is -0.146. The van der Waals surface area contributed by atoms with Crippen LogP contribution in [0.5, 0.6) is 0 Å². The molecule has 0 bridgehead atoms. The summed E-state index contributed by atoms with van der Waals surface area (Å²) in [4.78, 5) is 26.2. The second-order valence-corrected chi connectivity index (χ2v) is 7.27. The molecule has 0 aliphatic carbocycles. The maximum atomic E-state index is 12.0. The molecule has 150 valence electrons. The van der Waals surface area contributed by atoms with Crippen LogP contribution >= 0.6 is 0 Å². The molecule has 1 aliphatic rings. The van der Waals surface area contributed by atoms with E-state index in [2.05, 4.69) is 39.8 Å². The van der Waals surface area contributed by atoms with Gasteiger partial charge in [-0.3, -0.25) is 14.5 Å². The van der Waals surface area contributed by atoms with Gasteiger partial charge in [-0.15, -0.1) is 0 Å². The topological polar surface area (TPSA) is 74.6 Å². The average molecular weight is 383 g/mol. The lowest BCUT2D eigenvalue weighted by Crippen LogP contribution is -2.30. The van der Waals surface area contributed by atoms with Gasteiger partial charge in [0.2, 0.25) is 5.91 Å². The minimum absolute atomic E-state index is 0.0895. The highest BCUT2D eigenvalue weighted by Gasteiger charge is 2.10. The van der Waals surface area contributed by atoms with Gasteiger partial charge >= 0.3 is 0 Å². The average Bonchev–Trinajstić information content (AvgIpc) is 3.13. The SMILES string of the molecule is O=C(CCNC(=O)c1ccco1)NCc1ccc(CN2CCCCCC2)cc1. The van der Waals surface area contributed by atoms with Crippen molar-refractivity contribution in [3.05, 3.63) is 59.5 Å². The lowest BCUT2D eigenvalue weighted by Gasteiger charge is -2.19. The first kappa shape index (κ1) is 20.1. The van der Waals surface area contributed by atoms with E-state index in [1.807, 2.05) is 0 Å². The van der Waals surface area contributed by atoms with Crippen LogP contribution in [0.1, 0.15) is 53.8 Å². The maximum Gasteiger partial charge on any atom is 0.286 e. The van der Waals surface area contributed by atoms with Crippen LogP contribution < -0.4 is 10.6 Å². The number of hydrogen-bond donors (Lipinski definition) is 2. The number of nitrogens with one attached hydrogen (secondary N) is 2. The first-order valence-corrected chi connectivity index (χ1v) is 10.1. The van der Waals surface area contributed by atoms with Crippen molar-refractivity contribution in [2.45, 2.75) is 45.2 Å². The molecule has 0 spiro atoms. The first-order valence-electron chi connectivity index (χ1n) is 10.1. The first-order chi connectivity index (χ1) is 13.7. The maximum absolute atomic E-state index is 12.0. The highest BCUT2D eigenvalue weighted by Crippen LogP contribution is 2.14. The fraction of sp³-hybridized carbons (Fsp3) is 0.455. The number of amides is 2. The van der Waals surface area contributed by atoms with Crippen LogP contribution in [-0.2, 0) is 17.9 Å². The predicted octanol–water partition coefficient (Wildman–Crippen LogP) is 3.09. The molecule has 0 saturated carbocycles. The summed E-state index contributed by atoms with van der Waals surface area (Å²) in [5.41, 5.74) is 2.39. The van der Waals surface area contributed by atoms with Crippen LogP contribution in [0.25, 0.3) is 0 Å². The molecule has 2 heterocycles. The summed E-state index contributed by atoms with van der Waals surface area (Å²) in [6, 6.07) is 11.7. The van der Waals surface area contributed by atoms with Crippen LogP contribution in [0.4, 0.5) is 0 Å². The Kier molecular flexibility index (Phi) is 7.67. The van der Waals surface area contributed by atoms with Gasteiger partial charge in [-0.25, -0.2) is 0 Å². The minimum Gasteiger partial charge on any atom is -0.459 e. The number of nitrogens with zero attached hydrogens (tertiary/aromatic N) is 1. The van der Waals surface area contributed by atoms with E-state index in [0.717, 1.165) is 12.1 Å². The predicted molar refractivity (Wildman–Crippen MR) is 108 cm³/mol. The molecule has 1 aromatic carbocycles. The third-order valence-electron chi connectivity index (χ3n) is 5.00. The van der Waals surface area contributed by atoms with Gasteiger partial charge < -0.3 is 15.1 Å². The third kappa shape index (κ3) is 6.53. The van der Waals surface area contributed by atoms with E-state index >= 15 is 0 Å². The lowest BCUT2D eigenvalue weighted by atomic mass is 10.1. The molecular formula is C22H29N3O3. The summed E-state index contributed by atoms with van der Waals surface area (Å²) in [6.45, 7) is 4.15. The molecule has 3 rings (SSSR count). The fourth-order valence-electron chi connectivity index (χ4n) is 3.39. The number of furan rings is 1. The molecular weight excluding hydrogens is 354 g/mol. The summed E-state index contributed by atoms with van der Waals surface area (Å²) in [6.07, 6.45) is 6.97. The summed E-state index contributed by atoms with van der Waals surface area (Å²) < 4.78 is 5.01. The molecule has 0 radical (unpaired) electrons. The van der Waals surface area contributed by atoms with Gasteiger partial charge in [-0.05, 0) is 49.2 Å². The molecule has 2 amide bonds. The Bertz CT molecular complexity index is 733. The second kappa shape index (κ2) is 10.7. The Morgan fingerprint density at radius 3 is 2.32 bits per heavy atom. The zero-order valence-electron chi connectivity index (χ0n) is 16.3. The van der Waals surface area contributed by atoms with Crippen LogP contribution in [0.3, 0.4) is 0 Å². The zero-order chi connectivity index (χ0) is 19.6. The van der Waals surface area contributed by atoms with Gasteiger partial charge in [0.05, 0.1) is 6.26 Å². The zero-order valence-corrected chi connectivity index (χ0v) is 16.3. The van der Waals surface area contributed by atoms with E-state index in [1.165, 1.54) is 50.6 Å². The summed E-state index contributed by atoms with van der Waals surface area (Å²) in [7, 11) is 0. The number of benzene rings is 1. The van der Waals surface area contributed by atoms with Gasteiger partial charge in [-0.1, -0.05) is 37.1 Å². The van der Waals surface area contributed by atoms with E-state index in [0.29, 0.717) is 6.54 Å². The van der Waals surface area contributed by atoms with E-state index in [-0.39, 0.29) is 30.5 Å². The van der Waals surface area contributed by atoms with Gasteiger partial charge in [0, 0.05) is 26.1 Å². The Labute approximate surface area is 166 Å². The van der Waals surface area contributed by atoms with E-state index in [9.17, 15) is 9.59 Å². The smallest absolute Gasteiger partial charge is 0.286 e. The number of carbonyl (C=O) groups excluding carboxylic acids is 2. The van der Waals surface area contributed by atoms with Crippen LogP contribution in [0.15, 0.2) is 47.1 Å². The molecule has 1 aromatic heterocycles. The Morgan fingerprint density at radius 2 is 1.64 bits per heavy atom. The van der Waals surface area contributed by atoms with Gasteiger partial charge in [0.15, 0.2) is 5.76 Å². The van der Waals surface area contributed by atoms with E-state index in [1.54, 1.807) is 12.1 Å². The molecule has 1 aliphatic heterocycles. The van der Waals surface area contributed by atoms with Crippen molar-refractivity contribution in [2.24, 2.45) is 0 Å². The molecule has 1 saturated heterocycles. The van der Waals surface area contributed by atoms with Crippen molar-refractivity contribution < 1.29 is 14.0 Å². The van der Waals surface area contributed by atoms with Crippen molar-refractivity contribution in [3.8, 4) is 0 Å². The highest BCUT2D eigenvalue weighted by atomic mass is 16.3. The van der Waals surface area contributed by atoms with Crippen molar-refractivity contribution in [3.63, 3.8) is 0 Å². The van der Waals surface area contributed by atoms with Gasteiger partial charge in [0.1, 0.15) is 0 Å². The molecule has 28 heavy (non-hydrogen) atoms. The monoisotopic (exact) mass is 383 g/mol. The molecule has 0 atom stereocenters. The van der Waals surface area contributed by atoms with Gasteiger partial charge in [0.25, 0.3) is 5.91 Å². The molecule has 2 N–H and O–H groups in total. The largest absolute Gasteiger partial charge is 0.459 e. The summed E-state index contributed by atoms with van der Waals surface area (Å²) >= 11 is 0. The standard InChI is InChI=1S/C22H29N3O3/c26-21(11-12-23-22(27)20-6-5-15-28-20)24-16-18-7-9-19(10-8-18)17-25-13-3-1-2-4-14-25/h5-10,15H,1-4,11-14,16-17H2,(H,23,27)(H,24,26). The number of carbonyl (C=O) groups is 2. The highest BCUT2D eigenvalue weighted by molar-refractivity contribution is 5.91. The minimum atomic E-state index is -0.308. The van der Waals surface area contributed by atoms with Crippen molar-refractivity contribution in [1.29, 1.82) is 0 Å². The second-order valence-electron chi connectivity index (χ2n) is 7.27. The van der Waals surface area contributed by atoms with Crippen molar-refractivity contribution in [1.82, 2.24) is 15.5 Å². The Balaban J connectivity index is 1.34.